The molecule has 0 aliphatic carbocycles. The van der Waals surface area contributed by atoms with Gasteiger partial charge in [-0.05, 0) is 29.5 Å². The normalized spacial score (nSPS) is 18.4. The number of ether oxygens (including phenoxy) is 1. The van der Waals surface area contributed by atoms with Crippen LogP contribution in [0.5, 0.6) is 0 Å². The van der Waals surface area contributed by atoms with E-state index in [2.05, 4.69) is 96.1 Å². The Morgan fingerprint density at radius 1 is 0.897 bits per heavy atom. The summed E-state index contributed by atoms with van der Waals surface area (Å²) in [6.07, 6.45) is 2.31. The SMILES string of the molecule is CSc1ccccc1S[C@@H](c1ccccc1)[C@@H]1CN(Cc2ccccc2)CCO1. The summed E-state index contributed by atoms with van der Waals surface area (Å²) in [4.78, 5) is 5.19. The topological polar surface area (TPSA) is 12.5 Å². The Bertz CT molecular complexity index is 888. The van der Waals surface area contributed by atoms with Crippen molar-refractivity contribution in [2.24, 2.45) is 0 Å². The Balaban J connectivity index is 1.55. The van der Waals surface area contributed by atoms with Crippen LogP contribution in [-0.2, 0) is 11.3 Å². The minimum absolute atomic E-state index is 0.162. The van der Waals surface area contributed by atoms with Crippen LogP contribution >= 0.6 is 23.5 Å². The van der Waals surface area contributed by atoms with Gasteiger partial charge in [0.1, 0.15) is 0 Å². The molecule has 0 unspecified atom stereocenters. The Labute approximate surface area is 182 Å². The minimum Gasteiger partial charge on any atom is -0.374 e. The molecule has 0 bridgehead atoms. The van der Waals surface area contributed by atoms with Crippen molar-refractivity contribution in [1.29, 1.82) is 0 Å². The maximum absolute atomic E-state index is 6.34. The lowest BCUT2D eigenvalue weighted by atomic mass is 10.1. The van der Waals surface area contributed by atoms with Gasteiger partial charge in [0.25, 0.3) is 0 Å². The molecule has 0 saturated carbocycles. The fourth-order valence-corrected chi connectivity index (χ4v) is 5.86. The third-order valence-corrected chi connectivity index (χ3v) is 7.58. The van der Waals surface area contributed by atoms with Crippen LogP contribution in [0.15, 0.2) is 94.7 Å². The molecule has 1 aliphatic rings. The molecule has 4 heteroatoms. The van der Waals surface area contributed by atoms with Gasteiger partial charge in [0.05, 0.1) is 18.0 Å². The Morgan fingerprint density at radius 2 is 1.55 bits per heavy atom. The molecule has 0 amide bonds. The molecular formula is C25H27NOS2. The molecule has 150 valence electrons. The van der Waals surface area contributed by atoms with Crippen LogP contribution in [-0.4, -0.2) is 37.0 Å². The highest BCUT2D eigenvalue weighted by Crippen LogP contribution is 2.43. The third-order valence-electron chi connectivity index (χ3n) is 5.22. The van der Waals surface area contributed by atoms with Crippen molar-refractivity contribution in [1.82, 2.24) is 4.90 Å². The quantitative estimate of drug-likeness (QED) is 0.424. The van der Waals surface area contributed by atoms with E-state index in [1.165, 1.54) is 20.9 Å². The summed E-state index contributed by atoms with van der Waals surface area (Å²) in [6, 6.07) is 30.3. The van der Waals surface area contributed by atoms with Crippen LogP contribution in [0.2, 0.25) is 0 Å². The highest BCUT2D eigenvalue weighted by molar-refractivity contribution is 8.02. The van der Waals surface area contributed by atoms with E-state index >= 15 is 0 Å². The molecule has 1 aliphatic heterocycles. The van der Waals surface area contributed by atoms with Gasteiger partial charge in [-0.3, -0.25) is 4.90 Å². The van der Waals surface area contributed by atoms with Crippen LogP contribution in [0.25, 0.3) is 0 Å². The summed E-state index contributed by atoms with van der Waals surface area (Å²) in [6.45, 7) is 3.70. The van der Waals surface area contributed by atoms with E-state index < -0.39 is 0 Å². The standard InChI is InChI=1S/C25H27NOS2/c1-28-23-14-8-9-15-24(23)29-25(21-12-6-3-7-13-21)22-19-26(16-17-27-22)18-20-10-4-2-5-11-20/h2-15,22,25H,16-19H2,1H3/t22-,25-/m0/s1. The predicted molar refractivity (Wildman–Crippen MR) is 125 cm³/mol. The monoisotopic (exact) mass is 421 g/mol. The summed E-state index contributed by atoms with van der Waals surface area (Å²) in [5.41, 5.74) is 2.70. The van der Waals surface area contributed by atoms with Crippen molar-refractivity contribution in [2.45, 2.75) is 27.7 Å². The fraction of sp³-hybridized carbons (Fsp3) is 0.280. The first-order valence-electron chi connectivity index (χ1n) is 10.1. The van der Waals surface area contributed by atoms with E-state index in [-0.39, 0.29) is 11.4 Å². The maximum Gasteiger partial charge on any atom is 0.0865 e. The van der Waals surface area contributed by atoms with Crippen LogP contribution in [0.1, 0.15) is 16.4 Å². The van der Waals surface area contributed by atoms with Gasteiger partial charge >= 0.3 is 0 Å². The second-order valence-electron chi connectivity index (χ2n) is 7.23. The lowest BCUT2D eigenvalue weighted by Crippen LogP contribution is -2.44. The number of hydrogen-bond acceptors (Lipinski definition) is 4. The number of benzene rings is 3. The second kappa shape index (κ2) is 10.4. The average Bonchev–Trinajstić information content (AvgIpc) is 2.79. The van der Waals surface area contributed by atoms with Crippen LogP contribution in [0.3, 0.4) is 0 Å². The van der Waals surface area contributed by atoms with Crippen molar-refractivity contribution in [3.63, 3.8) is 0 Å². The van der Waals surface area contributed by atoms with E-state index in [0.29, 0.717) is 0 Å². The smallest absolute Gasteiger partial charge is 0.0865 e. The zero-order chi connectivity index (χ0) is 19.9. The van der Waals surface area contributed by atoms with Gasteiger partial charge in [0.15, 0.2) is 0 Å². The molecule has 4 rings (SSSR count). The molecule has 0 radical (unpaired) electrons. The van der Waals surface area contributed by atoms with E-state index in [1.807, 2.05) is 23.5 Å². The van der Waals surface area contributed by atoms with Gasteiger partial charge in [-0.25, -0.2) is 0 Å². The summed E-state index contributed by atoms with van der Waals surface area (Å²) in [5.74, 6) is 0. The molecule has 1 heterocycles. The summed E-state index contributed by atoms with van der Waals surface area (Å²) < 4.78 is 6.34. The van der Waals surface area contributed by atoms with Gasteiger partial charge in [0.2, 0.25) is 0 Å². The molecule has 29 heavy (non-hydrogen) atoms. The van der Waals surface area contributed by atoms with Crippen LogP contribution < -0.4 is 0 Å². The number of rotatable bonds is 7. The van der Waals surface area contributed by atoms with Crippen molar-refractivity contribution in [2.75, 3.05) is 26.0 Å². The molecule has 2 nitrogen and oxygen atoms in total. The zero-order valence-electron chi connectivity index (χ0n) is 16.7. The van der Waals surface area contributed by atoms with Gasteiger partial charge in [-0.15, -0.1) is 23.5 Å². The molecule has 0 spiro atoms. The predicted octanol–water partition coefficient (Wildman–Crippen LogP) is 6.14. The number of hydrogen-bond donors (Lipinski definition) is 0. The van der Waals surface area contributed by atoms with Gasteiger partial charge in [0, 0.05) is 29.4 Å². The molecule has 1 saturated heterocycles. The summed E-state index contributed by atoms with van der Waals surface area (Å²) in [7, 11) is 0. The summed E-state index contributed by atoms with van der Waals surface area (Å²) in [5, 5.41) is 0.267. The zero-order valence-corrected chi connectivity index (χ0v) is 18.4. The van der Waals surface area contributed by atoms with Crippen LogP contribution in [0.4, 0.5) is 0 Å². The average molecular weight is 422 g/mol. The summed E-state index contributed by atoms with van der Waals surface area (Å²) >= 11 is 3.74. The van der Waals surface area contributed by atoms with Crippen LogP contribution in [0, 0.1) is 0 Å². The number of morpholine rings is 1. The molecule has 1 fully saturated rings. The molecule has 0 aromatic heterocycles. The Kier molecular flexibility index (Phi) is 7.33. The van der Waals surface area contributed by atoms with Gasteiger partial charge < -0.3 is 4.74 Å². The van der Waals surface area contributed by atoms with Crippen molar-refractivity contribution >= 4 is 23.5 Å². The third kappa shape index (κ3) is 5.46. The largest absolute Gasteiger partial charge is 0.374 e. The molecule has 0 N–H and O–H groups in total. The first-order chi connectivity index (χ1) is 14.3. The molecule has 3 aromatic rings. The minimum atomic E-state index is 0.162. The highest BCUT2D eigenvalue weighted by Gasteiger charge is 2.30. The lowest BCUT2D eigenvalue weighted by molar-refractivity contribution is -0.0319. The Morgan fingerprint density at radius 3 is 2.28 bits per heavy atom. The van der Waals surface area contributed by atoms with E-state index in [1.54, 1.807) is 0 Å². The van der Waals surface area contributed by atoms with E-state index in [0.717, 1.165) is 26.2 Å². The molecule has 2 atom stereocenters. The second-order valence-corrected chi connectivity index (χ2v) is 9.26. The van der Waals surface area contributed by atoms with Gasteiger partial charge in [-0.1, -0.05) is 72.8 Å². The van der Waals surface area contributed by atoms with E-state index in [4.69, 9.17) is 4.74 Å². The fourth-order valence-electron chi connectivity index (χ4n) is 3.75. The van der Waals surface area contributed by atoms with Gasteiger partial charge in [-0.2, -0.15) is 0 Å². The number of thioether (sulfide) groups is 2. The van der Waals surface area contributed by atoms with Crippen molar-refractivity contribution in [3.05, 3.63) is 96.1 Å². The maximum atomic E-state index is 6.34. The lowest BCUT2D eigenvalue weighted by Gasteiger charge is -2.37. The first kappa shape index (κ1) is 20.5. The molecule has 3 aromatic carbocycles. The van der Waals surface area contributed by atoms with E-state index in [9.17, 15) is 0 Å². The van der Waals surface area contributed by atoms with Crippen molar-refractivity contribution in [3.8, 4) is 0 Å². The Hall–Kier alpha value is -1.72. The first-order valence-corrected chi connectivity index (χ1v) is 12.2. The highest BCUT2D eigenvalue weighted by atomic mass is 32.2. The van der Waals surface area contributed by atoms with Crippen molar-refractivity contribution < 1.29 is 4.74 Å². The molecular weight excluding hydrogens is 394 g/mol. The number of nitrogens with zero attached hydrogens (tertiary/aromatic N) is 1.